The van der Waals surface area contributed by atoms with E-state index in [0.29, 0.717) is 24.2 Å². The maximum atomic E-state index is 12.5. The van der Waals surface area contributed by atoms with Crippen LogP contribution in [0.15, 0.2) is 28.1 Å². The molecule has 1 amide bonds. The standard InChI is InChI=1S/C15H19N3O3S3/c1-17-11-7-6-10(22-2)9-13(11)23-15(17)16-14(19)12-5-4-8-18(12)24(3,20)21/h6-7,9,12H,4-5,8H2,1-3H3. The second-order valence-corrected chi connectivity index (χ2v) is 9.58. The summed E-state index contributed by atoms with van der Waals surface area (Å²) in [6.45, 7) is 0.389. The third-order valence-electron chi connectivity index (χ3n) is 4.14. The van der Waals surface area contributed by atoms with Gasteiger partial charge in [0.1, 0.15) is 6.04 Å². The summed E-state index contributed by atoms with van der Waals surface area (Å²) in [5.41, 5.74) is 1.01. The minimum atomic E-state index is -3.39. The lowest BCUT2D eigenvalue weighted by Gasteiger charge is -2.18. The number of hydrogen-bond acceptors (Lipinski definition) is 5. The van der Waals surface area contributed by atoms with E-state index < -0.39 is 16.1 Å². The Labute approximate surface area is 149 Å². The lowest BCUT2D eigenvalue weighted by Crippen LogP contribution is -2.39. The minimum Gasteiger partial charge on any atom is -0.319 e. The van der Waals surface area contributed by atoms with Gasteiger partial charge in [-0.1, -0.05) is 11.3 Å². The number of amides is 1. The van der Waals surface area contributed by atoms with Gasteiger partial charge in [0.05, 0.1) is 16.5 Å². The van der Waals surface area contributed by atoms with Gasteiger partial charge in [-0.2, -0.15) is 9.30 Å². The second-order valence-electron chi connectivity index (χ2n) is 5.76. The van der Waals surface area contributed by atoms with Crippen molar-refractivity contribution in [2.24, 2.45) is 12.0 Å². The summed E-state index contributed by atoms with van der Waals surface area (Å²) in [7, 11) is -1.52. The maximum absolute atomic E-state index is 12.5. The quantitative estimate of drug-likeness (QED) is 0.756. The molecule has 0 radical (unpaired) electrons. The molecule has 2 aromatic rings. The van der Waals surface area contributed by atoms with Gasteiger partial charge < -0.3 is 4.57 Å². The highest BCUT2D eigenvalue weighted by Gasteiger charge is 2.36. The molecule has 1 aliphatic rings. The Kier molecular flexibility index (Phi) is 4.87. The third-order valence-corrected chi connectivity index (χ3v) is 7.25. The largest absolute Gasteiger partial charge is 0.319 e. The van der Waals surface area contributed by atoms with Crippen LogP contribution in [0.2, 0.25) is 0 Å². The molecule has 9 heteroatoms. The molecule has 2 heterocycles. The highest BCUT2D eigenvalue weighted by molar-refractivity contribution is 7.98. The van der Waals surface area contributed by atoms with Gasteiger partial charge in [-0.25, -0.2) is 8.42 Å². The number of benzene rings is 1. The average Bonchev–Trinajstić information content (AvgIpc) is 3.13. The number of aromatic nitrogens is 1. The van der Waals surface area contributed by atoms with Crippen molar-refractivity contribution in [2.45, 2.75) is 23.8 Å². The van der Waals surface area contributed by atoms with E-state index in [2.05, 4.69) is 11.1 Å². The molecule has 1 atom stereocenters. The van der Waals surface area contributed by atoms with E-state index in [9.17, 15) is 13.2 Å². The molecule has 0 bridgehead atoms. The first-order valence-corrected chi connectivity index (χ1v) is 11.4. The summed E-state index contributed by atoms with van der Waals surface area (Å²) >= 11 is 3.11. The van der Waals surface area contributed by atoms with E-state index in [1.807, 2.05) is 30.0 Å². The zero-order chi connectivity index (χ0) is 17.5. The summed E-state index contributed by atoms with van der Waals surface area (Å²) in [5, 5.41) is 0. The van der Waals surface area contributed by atoms with Crippen LogP contribution >= 0.6 is 23.1 Å². The summed E-state index contributed by atoms with van der Waals surface area (Å²) in [4.78, 5) is 18.5. The number of rotatable bonds is 3. The molecule has 1 fully saturated rings. The zero-order valence-corrected chi connectivity index (χ0v) is 16.2. The Balaban J connectivity index is 2.00. The molecule has 130 valence electrons. The number of carbonyl (C=O) groups excluding carboxylic acids is 1. The molecule has 1 aromatic heterocycles. The van der Waals surface area contributed by atoms with Gasteiger partial charge in [0, 0.05) is 18.5 Å². The highest BCUT2D eigenvalue weighted by Crippen LogP contribution is 2.24. The molecule has 1 saturated heterocycles. The van der Waals surface area contributed by atoms with Crippen molar-refractivity contribution in [2.75, 3.05) is 19.1 Å². The van der Waals surface area contributed by atoms with Gasteiger partial charge >= 0.3 is 0 Å². The van der Waals surface area contributed by atoms with Crippen molar-refractivity contribution in [3.8, 4) is 0 Å². The second kappa shape index (κ2) is 6.62. The van der Waals surface area contributed by atoms with E-state index >= 15 is 0 Å². The molecule has 0 saturated carbocycles. The Bertz CT molecular complexity index is 959. The van der Waals surface area contributed by atoms with Crippen molar-refractivity contribution in [1.29, 1.82) is 0 Å². The summed E-state index contributed by atoms with van der Waals surface area (Å²) in [5.74, 6) is -0.384. The first-order chi connectivity index (χ1) is 11.3. The number of thiazole rings is 1. The minimum absolute atomic E-state index is 0.384. The number of thioether (sulfide) groups is 1. The van der Waals surface area contributed by atoms with Crippen molar-refractivity contribution in [3.63, 3.8) is 0 Å². The maximum Gasteiger partial charge on any atom is 0.266 e. The number of carbonyl (C=O) groups is 1. The van der Waals surface area contributed by atoms with Gasteiger partial charge in [0.15, 0.2) is 4.80 Å². The predicted molar refractivity (Wildman–Crippen MR) is 97.7 cm³/mol. The smallest absolute Gasteiger partial charge is 0.266 e. The molecule has 24 heavy (non-hydrogen) atoms. The van der Waals surface area contributed by atoms with E-state index in [0.717, 1.165) is 21.4 Å². The van der Waals surface area contributed by atoms with Gasteiger partial charge in [-0.3, -0.25) is 4.79 Å². The van der Waals surface area contributed by atoms with Gasteiger partial charge in [-0.05, 0) is 37.3 Å². The molecule has 3 rings (SSSR count). The normalized spacial score (nSPS) is 20.1. The van der Waals surface area contributed by atoms with Crippen molar-refractivity contribution >= 4 is 49.2 Å². The van der Waals surface area contributed by atoms with Crippen LogP contribution in [0.4, 0.5) is 0 Å². The van der Waals surface area contributed by atoms with Gasteiger partial charge in [-0.15, -0.1) is 11.8 Å². The number of fused-ring (bicyclic) bond motifs is 1. The molecule has 1 aliphatic heterocycles. The fraction of sp³-hybridized carbons (Fsp3) is 0.467. The summed E-state index contributed by atoms with van der Waals surface area (Å²) < 4.78 is 27.8. The highest BCUT2D eigenvalue weighted by atomic mass is 32.2. The summed E-state index contributed by atoms with van der Waals surface area (Å²) in [6, 6.07) is 5.45. The Morgan fingerprint density at radius 3 is 2.83 bits per heavy atom. The van der Waals surface area contributed by atoms with Gasteiger partial charge in [0.2, 0.25) is 10.0 Å². The molecule has 0 aliphatic carbocycles. The van der Waals surface area contributed by atoms with Gasteiger partial charge in [0.25, 0.3) is 5.91 Å². The van der Waals surface area contributed by atoms with Crippen LogP contribution < -0.4 is 4.80 Å². The Hall–Kier alpha value is -1.16. The molecule has 6 nitrogen and oxygen atoms in total. The predicted octanol–water partition coefficient (Wildman–Crippen LogP) is 1.81. The first-order valence-electron chi connectivity index (χ1n) is 7.50. The van der Waals surface area contributed by atoms with Crippen LogP contribution in [-0.2, 0) is 21.9 Å². The average molecular weight is 386 g/mol. The van der Waals surface area contributed by atoms with E-state index in [1.54, 1.807) is 11.8 Å². The summed E-state index contributed by atoms with van der Waals surface area (Å²) in [6.07, 6.45) is 4.38. The van der Waals surface area contributed by atoms with E-state index in [-0.39, 0.29) is 5.91 Å². The van der Waals surface area contributed by atoms with Crippen molar-refractivity contribution in [3.05, 3.63) is 23.0 Å². The van der Waals surface area contributed by atoms with Crippen LogP contribution in [0.3, 0.4) is 0 Å². The number of sulfonamides is 1. The van der Waals surface area contributed by atoms with Crippen LogP contribution in [0.25, 0.3) is 10.2 Å². The van der Waals surface area contributed by atoms with E-state index in [4.69, 9.17) is 0 Å². The van der Waals surface area contributed by atoms with Crippen molar-refractivity contribution in [1.82, 2.24) is 8.87 Å². The van der Waals surface area contributed by atoms with Crippen LogP contribution in [-0.4, -0.2) is 48.3 Å². The monoisotopic (exact) mass is 385 g/mol. The number of nitrogens with zero attached hydrogens (tertiary/aromatic N) is 3. The molecule has 1 unspecified atom stereocenters. The SMILES string of the molecule is CSc1ccc2c(c1)sc(=NC(=O)C1CCCN1S(C)(=O)=O)n2C. The number of aryl methyl sites for hydroxylation is 1. The molecule has 0 N–H and O–H groups in total. The fourth-order valence-corrected chi connectivity index (χ4v) is 5.60. The van der Waals surface area contributed by atoms with Crippen LogP contribution in [0.5, 0.6) is 0 Å². The topological polar surface area (TPSA) is 71.7 Å². The number of hydrogen-bond donors (Lipinski definition) is 0. The Morgan fingerprint density at radius 1 is 1.42 bits per heavy atom. The van der Waals surface area contributed by atoms with E-state index in [1.165, 1.54) is 15.6 Å². The molecular formula is C15H19N3O3S3. The zero-order valence-electron chi connectivity index (χ0n) is 13.7. The van der Waals surface area contributed by atoms with Crippen LogP contribution in [0.1, 0.15) is 12.8 Å². The Morgan fingerprint density at radius 2 is 2.17 bits per heavy atom. The van der Waals surface area contributed by atoms with Crippen LogP contribution in [0, 0.1) is 0 Å². The lowest BCUT2D eigenvalue weighted by molar-refractivity contribution is -0.121. The molecule has 1 aromatic carbocycles. The van der Waals surface area contributed by atoms with Crippen molar-refractivity contribution < 1.29 is 13.2 Å². The fourth-order valence-electron chi connectivity index (χ4n) is 2.90. The molecular weight excluding hydrogens is 366 g/mol. The lowest BCUT2D eigenvalue weighted by atomic mass is 10.2. The third kappa shape index (κ3) is 3.30. The molecule has 0 spiro atoms. The first kappa shape index (κ1) is 17.7.